The van der Waals surface area contributed by atoms with Crippen LogP contribution in [0.1, 0.15) is 84.4 Å². The number of hydrogen-bond donors (Lipinski definition) is 0. The maximum atomic E-state index is 2.75. The smallest absolute Gasteiger partial charge is 0.252 e. The van der Waals surface area contributed by atoms with Gasteiger partial charge in [0.2, 0.25) is 0 Å². The largest absolute Gasteiger partial charge is 0.310 e. The van der Waals surface area contributed by atoms with E-state index >= 15 is 0 Å². The van der Waals surface area contributed by atoms with Gasteiger partial charge in [0.1, 0.15) is 0 Å². The molecule has 0 N–H and O–H groups in total. The van der Waals surface area contributed by atoms with Crippen LogP contribution in [0.2, 0.25) is 0 Å². The molecule has 0 radical (unpaired) electrons. The van der Waals surface area contributed by atoms with Gasteiger partial charge in [0.15, 0.2) is 0 Å². The summed E-state index contributed by atoms with van der Waals surface area (Å²) in [5, 5.41) is 4.96. The summed E-state index contributed by atoms with van der Waals surface area (Å²) in [5.74, 6) is 0. The highest BCUT2D eigenvalue weighted by atomic mass is 15.2. The molecule has 2 aliphatic heterocycles. The van der Waals surface area contributed by atoms with Crippen LogP contribution in [0.5, 0.6) is 0 Å². The van der Waals surface area contributed by atoms with Gasteiger partial charge in [-0.3, -0.25) is 0 Å². The van der Waals surface area contributed by atoms with Gasteiger partial charge in [-0.15, -0.1) is 0 Å². The standard InChI is InChI=1S/C91H77BN4/c1-8-9-14-31-60-52-85-87-86(53-60)96(89-75(63-36-19-12-20-37-63)56-66(91(5,6)7)57-76(89)64-38-21-13-22-39-64)84-59-68(94-81-46-29-25-42-71(81)72-43-26-30-47-82(72)94)49-51-78(84)92(87)77-50-48-67(93-79-44-27-23-40-69(79)70-41-24-28-45-80(70)93)58-83(77)95(85)88-73(61-32-15-10-16-33-61)54-65(90(2,3)4)55-74(88)62-34-17-11-18-35-62/h10-13,15-30,32-59H,8-9,14,31H2,1-7H3. The zero-order valence-corrected chi connectivity index (χ0v) is 55.9. The third-order valence-electron chi connectivity index (χ3n) is 20.6. The highest BCUT2D eigenvalue weighted by molar-refractivity contribution is 7.00. The van der Waals surface area contributed by atoms with Gasteiger partial charge in [-0.05, 0) is 164 Å². The quantitative estimate of drug-likeness (QED) is 0.0895. The summed E-state index contributed by atoms with van der Waals surface area (Å²) in [7, 11) is 0. The minimum absolute atomic E-state index is 0.170. The van der Waals surface area contributed by atoms with Gasteiger partial charge in [-0.2, -0.15) is 0 Å². The third-order valence-corrected chi connectivity index (χ3v) is 20.6. The molecule has 0 unspecified atom stereocenters. The van der Waals surface area contributed by atoms with Crippen LogP contribution >= 0.6 is 0 Å². The zero-order valence-electron chi connectivity index (χ0n) is 55.9. The van der Waals surface area contributed by atoms with E-state index in [1.54, 1.807) is 0 Å². The van der Waals surface area contributed by atoms with E-state index in [4.69, 9.17) is 0 Å². The molecule has 17 rings (SSSR count). The van der Waals surface area contributed by atoms with E-state index in [-0.39, 0.29) is 17.5 Å². The molecule has 0 saturated heterocycles. The molecule has 0 spiro atoms. The molecular weight excluding hydrogens is 1160 g/mol. The number of hydrogen-bond acceptors (Lipinski definition) is 2. The van der Waals surface area contributed by atoms with Crippen LogP contribution in [0.15, 0.2) is 291 Å². The van der Waals surface area contributed by atoms with Crippen molar-refractivity contribution in [2.24, 2.45) is 0 Å². The van der Waals surface area contributed by atoms with Crippen molar-refractivity contribution in [3.05, 3.63) is 308 Å². The van der Waals surface area contributed by atoms with Crippen molar-refractivity contribution >= 4 is 101 Å². The topological polar surface area (TPSA) is 16.3 Å². The normalized spacial score (nSPS) is 12.8. The predicted octanol–water partition coefficient (Wildman–Crippen LogP) is 23.0. The monoisotopic (exact) mass is 1240 g/mol. The van der Waals surface area contributed by atoms with Crippen molar-refractivity contribution in [3.63, 3.8) is 0 Å². The first-order chi connectivity index (χ1) is 46.9. The number of benzene rings is 13. The number of rotatable bonds is 12. The number of para-hydroxylation sites is 4. The fourth-order valence-electron chi connectivity index (χ4n) is 15.9. The number of aromatic nitrogens is 2. The number of fused-ring (bicyclic) bond motifs is 10. The maximum Gasteiger partial charge on any atom is 0.252 e. The molecule has 0 aliphatic carbocycles. The van der Waals surface area contributed by atoms with Crippen LogP contribution < -0.4 is 26.2 Å². The zero-order chi connectivity index (χ0) is 65.0. The molecule has 0 bridgehead atoms. The summed E-state index contributed by atoms with van der Waals surface area (Å²) in [6.45, 7) is 16.3. The third kappa shape index (κ3) is 9.72. The second kappa shape index (κ2) is 23.2. The van der Waals surface area contributed by atoms with Gasteiger partial charge in [0.05, 0.1) is 33.4 Å². The Hall–Kier alpha value is -10.9. The summed E-state index contributed by atoms with van der Waals surface area (Å²) in [6.07, 6.45) is 4.24. The second-order valence-corrected chi connectivity index (χ2v) is 28.6. The SMILES string of the molecule is CCCCCc1cc2c3c(c1)N(c1c(-c4ccccc4)cc(C(C)(C)C)cc1-c1ccccc1)c1cc(-n4c5ccccc5c5ccccc54)ccc1B3c1ccc(-n3c4ccccc4c4ccccc43)cc1N2c1c(-c2ccccc2)cc(C(C)(C)C)cc1-c1ccccc1. The predicted molar refractivity (Wildman–Crippen MR) is 412 cm³/mol. The lowest BCUT2D eigenvalue weighted by Gasteiger charge is -2.46. The Balaban J connectivity index is 1.06. The summed E-state index contributed by atoms with van der Waals surface area (Å²) in [5.41, 5.74) is 30.8. The average Bonchev–Trinajstić information content (AvgIpc) is 0.710. The van der Waals surface area contributed by atoms with E-state index < -0.39 is 0 Å². The van der Waals surface area contributed by atoms with Crippen molar-refractivity contribution < 1.29 is 0 Å². The molecule has 4 heterocycles. The van der Waals surface area contributed by atoms with Crippen molar-refractivity contribution in [2.45, 2.75) is 85.0 Å². The van der Waals surface area contributed by atoms with Crippen molar-refractivity contribution in [3.8, 4) is 55.9 Å². The van der Waals surface area contributed by atoms with Gasteiger partial charge in [-0.25, -0.2) is 0 Å². The lowest BCUT2D eigenvalue weighted by atomic mass is 9.33. The number of anilines is 6. The van der Waals surface area contributed by atoms with E-state index in [0.717, 1.165) is 59.8 Å². The molecule has 5 heteroatoms. The molecule has 15 aromatic rings. The van der Waals surface area contributed by atoms with E-state index in [9.17, 15) is 0 Å². The molecule has 13 aromatic carbocycles. The molecule has 2 aliphatic rings. The first-order valence-corrected chi connectivity index (χ1v) is 34.5. The van der Waals surface area contributed by atoms with E-state index in [2.05, 4.69) is 359 Å². The summed E-state index contributed by atoms with van der Waals surface area (Å²) in [4.78, 5) is 5.49. The van der Waals surface area contributed by atoms with Gasteiger partial charge in [0.25, 0.3) is 6.71 Å². The molecule has 4 nitrogen and oxygen atoms in total. The lowest BCUT2D eigenvalue weighted by Crippen LogP contribution is -2.61. The van der Waals surface area contributed by atoms with Crippen LogP contribution in [0.3, 0.4) is 0 Å². The fourth-order valence-corrected chi connectivity index (χ4v) is 15.9. The van der Waals surface area contributed by atoms with Crippen LogP contribution in [0, 0.1) is 0 Å². The first-order valence-electron chi connectivity index (χ1n) is 34.5. The Labute approximate surface area is 565 Å². The highest BCUT2D eigenvalue weighted by Gasteiger charge is 2.46. The minimum Gasteiger partial charge on any atom is -0.310 e. The fraction of sp³-hybridized carbons (Fsp3) is 0.143. The Morgan fingerprint density at radius 2 is 0.625 bits per heavy atom. The summed E-state index contributed by atoms with van der Waals surface area (Å²) >= 11 is 0. The minimum atomic E-state index is -0.194. The molecule has 0 atom stereocenters. The number of unbranched alkanes of at least 4 members (excludes halogenated alkanes) is 2. The van der Waals surface area contributed by atoms with Crippen LogP contribution in [0.4, 0.5) is 34.1 Å². The molecule has 464 valence electrons. The first kappa shape index (κ1) is 58.9. The van der Waals surface area contributed by atoms with Crippen LogP contribution in [-0.2, 0) is 17.3 Å². The van der Waals surface area contributed by atoms with Gasteiger partial charge >= 0.3 is 0 Å². The summed E-state index contributed by atoms with van der Waals surface area (Å²) in [6, 6.07) is 111. The van der Waals surface area contributed by atoms with Gasteiger partial charge in [-0.1, -0.05) is 268 Å². The van der Waals surface area contributed by atoms with Crippen LogP contribution in [0.25, 0.3) is 99.5 Å². The van der Waals surface area contributed by atoms with Crippen molar-refractivity contribution in [2.75, 3.05) is 9.80 Å². The molecule has 0 fully saturated rings. The molecule has 2 aromatic heterocycles. The van der Waals surface area contributed by atoms with Crippen molar-refractivity contribution in [1.29, 1.82) is 0 Å². The second-order valence-electron chi connectivity index (χ2n) is 28.6. The molecule has 96 heavy (non-hydrogen) atoms. The van der Waals surface area contributed by atoms with E-state index in [0.29, 0.717) is 0 Å². The Morgan fingerprint density at radius 3 is 0.938 bits per heavy atom. The van der Waals surface area contributed by atoms with E-state index in [1.165, 1.54) is 133 Å². The Kier molecular flexibility index (Phi) is 14.3. The van der Waals surface area contributed by atoms with Gasteiger partial charge in [0, 0.05) is 77.9 Å². The van der Waals surface area contributed by atoms with E-state index in [1.807, 2.05) is 0 Å². The summed E-state index contributed by atoms with van der Waals surface area (Å²) < 4.78 is 5.02. The molecule has 0 amide bonds. The Morgan fingerprint density at radius 1 is 0.312 bits per heavy atom. The van der Waals surface area contributed by atoms with Gasteiger partial charge < -0.3 is 18.9 Å². The highest BCUT2D eigenvalue weighted by Crippen LogP contribution is 2.55. The van der Waals surface area contributed by atoms with Crippen molar-refractivity contribution in [1.82, 2.24) is 9.13 Å². The lowest BCUT2D eigenvalue weighted by molar-refractivity contribution is 0.590. The number of aryl methyl sites for hydroxylation is 1. The Bertz CT molecular complexity index is 4950. The number of nitrogens with zero attached hydrogens (tertiary/aromatic N) is 4. The van der Waals surface area contributed by atoms with Crippen LogP contribution in [-0.4, -0.2) is 15.8 Å². The maximum absolute atomic E-state index is 2.75. The molecule has 0 saturated carbocycles. The molecular formula is C91H77BN4. The average molecular weight is 1240 g/mol.